The Morgan fingerprint density at radius 1 is 1.10 bits per heavy atom. The maximum Gasteiger partial charge on any atom is 0.0322 e. The Bertz CT molecular complexity index is 386. The second-order valence-corrected chi connectivity index (χ2v) is 7.13. The third kappa shape index (κ3) is 5.14. The van der Waals surface area contributed by atoms with Gasteiger partial charge in [0.05, 0.1) is 0 Å². The van der Waals surface area contributed by atoms with Gasteiger partial charge >= 0.3 is 0 Å². The number of hydrogen-bond acceptors (Lipinski definition) is 1. The van der Waals surface area contributed by atoms with Crippen molar-refractivity contribution in [1.29, 1.82) is 0 Å². The van der Waals surface area contributed by atoms with Crippen molar-refractivity contribution in [3.05, 3.63) is 35.9 Å². The highest BCUT2D eigenvalue weighted by Gasteiger charge is 2.27. The van der Waals surface area contributed by atoms with Gasteiger partial charge in [0.25, 0.3) is 0 Å². The standard InChI is InChI=1S/C20H33N/c1-4-5-7-12-20(18-10-8-6-9-11-18)21-19-14-13-16(2)15-17(19)3/h6,8-11,16-17,19-21H,4-5,7,12-15H2,1-3H3. The predicted molar refractivity (Wildman–Crippen MR) is 92.4 cm³/mol. The number of hydrogen-bond donors (Lipinski definition) is 1. The molecule has 0 aromatic heterocycles. The van der Waals surface area contributed by atoms with E-state index in [1.54, 1.807) is 0 Å². The van der Waals surface area contributed by atoms with Crippen LogP contribution in [0.25, 0.3) is 0 Å². The Balaban J connectivity index is 1.98. The number of nitrogens with one attached hydrogen (secondary N) is 1. The minimum absolute atomic E-state index is 0.540. The van der Waals surface area contributed by atoms with Crippen molar-refractivity contribution >= 4 is 0 Å². The summed E-state index contributed by atoms with van der Waals surface area (Å²) in [6.45, 7) is 7.12. The Kier molecular flexibility index (Phi) is 6.76. The number of rotatable bonds is 7. The molecule has 1 nitrogen and oxygen atoms in total. The van der Waals surface area contributed by atoms with E-state index in [0.29, 0.717) is 12.1 Å². The van der Waals surface area contributed by atoms with Crippen LogP contribution in [0, 0.1) is 11.8 Å². The summed E-state index contributed by atoms with van der Waals surface area (Å²) in [5.41, 5.74) is 1.47. The van der Waals surface area contributed by atoms with Crippen LogP contribution in [0.3, 0.4) is 0 Å². The largest absolute Gasteiger partial charge is 0.307 e. The Morgan fingerprint density at radius 3 is 2.52 bits per heavy atom. The molecule has 4 unspecified atom stereocenters. The van der Waals surface area contributed by atoms with E-state index in [9.17, 15) is 0 Å². The maximum atomic E-state index is 4.00. The molecule has 4 atom stereocenters. The molecular weight excluding hydrogens is 254 g/mol. The molecule has 1 heteroatoms. The van der Waals surface area contributed by atoms with E-state index >= 15 is 0 Å². The van der Waals surface area contributed by atoms with Crippen molar-refractivity contribution in [3.8, 4) is 0 Å². The van der Waals surface area contributed by atoms with Gasteiger partial charge in [-0.1, -0.05) is 70.4 Å². The summed E-state index contributed by atoms with van der Waals surface area (Å²) < 4.78 is 0. The summed E-state index contributed by atoms with van der Waals surface area (Å²) in [4.78, 5) is 0. The van der Waals surface area contributed by atoms with Crippen molar-refractivity contribution in [1.82, 2.24) is 5.32 Å². The van der Waals surface area contributed by atoms with Crippen LogP contribution in [0.1, 0.15) is 77.3 Å². The van der Waals surface area contributed by atoms with Gasteiger partial charge in [0.1, 0.15) is 0 Å². The molecule has 0 radical (unpaired) electrons. The van der Waals surface area contributed by atoms with Gasteiger partial charge in [0, 0.05) is 12.1 Å². The van der Waals surface area contributed by atoms with Crippen molar-refractivity contribution in [3.63, 3.8) is 0 Å². The summed E-state index contributed by atoms with van der Waals surface area (Å²) >= 11 is 0. The molecule has 1 aromatic rings. The normalized spacial score (nSPS) is 27.5. The summed E-state index contributed by atoms with van der Waals surface area (Å²) in [5, 5.41) is 4.00. The van der Waals surface area contributed by atoms with Crippen molar-refractivity contribution in [2.75, 3.05) is 0 Å². The van der Waals surface area contributed by atoms with Crippen LogP contribution < -0.4 is 5.32 Å². The molecule has 118 valence electrons. The van der Waals surface area contributed by atoms with Crippen LogP contribution in [0.4, 0.5) is 0 Å². The third-order valence-corrected chi connectivity index (χ3v) is 5.15. The van der Waals surface area contributed by atoms with Crippen molar-refractivity contribution in [2.45, 2.75) is 77.8 Å². The second-order valence-electron chi connectivity index (χ2n) is 7.13. The highest BCUT2D eigenvalue weighted by molar-refractivity contribution is 5.19. The monoisotopic (exact) mass is 287 g/mol. The lowest BCUT2D eigenvalue weighted by Crippen LogP contribution is -2.41. The Hall–Kier alpha value is -0.820. The van der Waals surface area contributed by atoms with E-state index in [1.807, 2.05) is 0 Å². The van der Waals surface area contributed by atoms with E-state index in [4.69, 9.17) is 0 Å². The zero-order chi connectivity index (χ0) is 15.1. The minimum Gasteiger partial charge on any atom is -0.307 e. The van der Waals surface area contributed by atoms with Gasteiger partial charge in [-0.3, -0.25) is 0 Å². The average Bonchev–Trinajstić information content (AvgIpc) is 2.49. The zero-order valence-corrected chi connectivity index (χ0v) is 14.1. The van der Waals surface area contributed by atoms with Gasteiger partial charge in [-0.25, -0.2) is 0 Å². The zero-order valence-electron chi connectivity index (χ0n) is 14.1. The molecule has 1 aromatic carbocycles. The second kappa shape index (κ2) is 8.58. The van der Waals surface area contributed by atoms with E-state index in [0.717, 1.165) is 11.8 Å². The van der Waals surface area contributed by atoms with Crippen molar-refractivity contribution < 1.29 is 0 Å². The molecule has 0 amide bonds. The van der Waals surface area contributed by atoms with Crippen molar-refractivity contribution in [2.24, 2.45) is 11.8 Å². The fourth-order valence-corrected chi connectivity index (χ4v) is 3.80. The Morgan fingerprint density at radius 2 is 1.86 bits per heavy atom. The Labute approximate surface area is 131 Å². The SMILES string of the molecule is CCCCCC(NC1CCC(C)CC1C)c1ccccc1. The first-order valence-electron chi connectivity index (χ1n) is 9.01. The topological polar surface area (TPSA) is 12.0 Å². The molecule has 1 aliphatic carbocycles. The molecule has 0 aliphatic heterocycles. The minimum atomic E-state index is 0.540. The third-order valence-electron chi connectivity index (χ3n) is 5.15. The molecule has 1 N–H and O–H groups in total. The van der Waals surface area contributed by atoms with Crippen LogP contribution in [-0.4, -0.2) is 6.04 Å². The van der Waals surface area contributed by atoms with Gasteiger partial charge in [0.15, 0.2) is 0 Å². The smallest absolute Gasteiger partial charge is 0.0322 e. The first-order chi connectivity index (χ1) is 10.2. The van der Waals surface area contributed by atoms with E-state index < -0.39 is 0 Å². The maximum absolute atomic E-state index is 4.00. The molecular formula is C20H33N. The van der Waals surface area contributed by atoms with Gasteiger partial charge in [-0.15, -0.1) is 0 Å². The van der Waals surface area contributed by atoms with Crippen LogP contribution >= 0.6 is 0 Å². The van der Waals surface area contributed by atoms with Crippen LogP contribution in [0.5, 0.6) is 0 Å². The fourth-order valence-electron chi connectivity index (χ4n) is 3.80. The molecule has 0 bridgehead atoms. The van der Waals surface area contributed by atoms with Crippen LogP contribution in [0.15, 0.2) is 30.3 Å². The molecule has 0 spiro atoms. The van der Waals surface area contributed by atoms with Gasteiger partial charge in [0.2, 0.25) is 0 Å². The quantitative estimate of drug-likeness (QED) is 0.632. The van der Waals surface area contributed by atoms with Gasteiger partial charge < -0.3 is 5.32 Å². The van der Waals surface area contributed by atoms with Gasteiger partial charge in [-0.2, -0.15) is 0 Å². The highest BCUT2D eigenvalue weighted by Crippen LogP contribution is 2.31. The molecule has 0 heterocycles. The molecule has 1 fully saturated rings. The number of benzene rings is 1. The highest BCUT2D eigenvalue weighted by atomic mass is 15.0. The molecule has 21 heavy (non-hydrogen) atoms. The predicted octanol–water partition coefficient (Wildman–Crippen LogP) is 5.72. The lowest BCUT2D eigenvalue weighted by molar-refractivity contribution is 0.209. The molecule has 1 saturated carbocycles. The average molecular weight is 287 g/mol. The molecule has 1 aliphatic rings. The van der Waals surface area contributed by atoms with Gasteiger partial charge in [-0.05, 0) is 43.1 Å². The van der Waals surface area contributed by atoms with Crippen LogP contribution in [-0.2, 0) is 0 Å². The van der Waals surface area contributed by atoms with E-state index in [-0.39, 0.29) is 0 Å². The fraction of sp³-hybridized carbons (Fsp3) is 0.700. The lowest BCUT2D eigenvalue weighted by Gasteiger charge is -2.36. The lowest BCUT2D eigenvalue weighted by atomic mass is 9.79. The molecule has 2 rings (SSSR count). The van der Waals surface area contributed by atoms with E-state index in [1.165, 1.54) is 50.5 Å². The summed E-state index contributed by atoms with van der Waals surface area (Å²) in [5.74, 6) is 1.72. The summed E-state index contributed by atoms with van der Waals surface area (Å²) in [6, 6.07) is 12.3. The molecule has 0 saturated heterocycles. The number of unbranched alkanes of at least 4 members (excludes halogenated alkanes) is 2. The van der Waals surface area contributed by atoms with Crippen LogP contribution in [0.2, 0.25) is 0 Å². The first-order valence-corrected chi connectivity index (χ1v) is 9.01. The first kappa shape index (κ1) is 16.5. The summed E-state index contributed by atoms with van der Waals surface area (Å²) in [7, 11) is 0. The van der Waals surface area contributed by atoms with E-state index in [2.05, 4.69) is 56.4 Å². The summed E-state index contributed by atoms with van der Waals surface area (Å²) in [6.07, 6.45) is 9.38.